The first-order valence-corrected chi connectivity index (χ1v) is 6.28. The van der Waals surface area contributed by atoms with Crippen LogP contribution in [0.5, 0.6) is 0 Å². The van der Waals surface area contributed by atoms with Crippen molar-refractivity contribution in [2.45, 2.75) is 33.2 Å². The number of aliphatic hydroxyl groups is 1. The molecule has 1 atom stereocenters. The minimum absolute atomic E-state index is 0.0197. The van der Waals surface area contributed by atoms with Crippen LogP contribution in [0.25, 0.3) is 0 Å². The highest BCUT2D eigenvalue weighted by Gasteiger charge is 2.25. The normalized spacial score (nSPS) is 12.8. The third-order valence-electron chi connectivity index (χ3n) is 2.95. The Morgan fingerprint density at radius 3 is 2.50 bits per heavy atom. The third kappa shape index (κ3) is 4.32. The summed E-state index contributed by atoms with van der Waals surface area (Å²) in [6.45, 7) is 6.06. The van der Waals surface area contributed by atoms with E-state index in [1.54, 1.807) is 0 Å². The molecule has 1 heterocycles. The first-order chi connectivity index (χ1) is 9.27. The third-order valence-corrected chi connectivity index (χ3v) is 2.95. The fraction of sp³-hybridized carbons (Fsp3) is 0.583. The second-order valence-corrected chi connectivity index (χ2v) is 5.57. The highest BCUT2D eigenvalue weighted by Crippen LogP contribution is 2.27. The molecule has 0 aliphatic carbocycles. The summed E-state index contributed by atoms with van der Waals surface area (Å²) in [4.78, 5) is 14.5. The Morgan fingerprint density at radius 1 is 1.45 bits per heavy atom. The molecule has 0 aromatic carbocycles. The maximum Gasteiger partial charge on any atom is 0.276 e. The summed E-state index contributed by atoms with van der Waals surface area (Å²) in [5.41, 5.74) is 2.06. The number of nitrogens with one attached hydrogen (secondary N) is 2. The molecule has 0 bridgehead atoms. The smallest absolute Gasteiger partial charge is 0.276 e. The zero-order valence-corrected chi connectivity index (χ0v) is 11.9. The molecule has 1 aromatic rings. The van der Waals surface area contributed by atoms with Gasteiger partial charge >= 0.3 is 0 Å². The van der Waals surface area contributed by atoms with Crippen LogP contribution in [0.3, 0.4) is 0 Å². The van der Waals surface area contributed by atoms with Crippen LogP contribution in [0.1, 0.15) is 27.2 Å². The minimum atomic E-state index is -0.508. The van der Waals surface area contributed by atoms with E-state index in [1.807, 2.05) is 20.8 Å². The van der Waals surface area contributed by atoms with Crippen molar-refractivity contribution in [2.24, 2.45) is 11.3 Å². The summed E-state index contributed by atoms with van der Waals surface area (Å²) >= 11 is 0. The van der Waals surface area contributed by atoms with Gasteiger partial charge in [0.2, 0.25) is 0 Å². The predicted molar refractivity (Wildman–Crippen MR) is 77.3 cm³/mol. The second kappa shape index (κ2) is 6.49. The SMILES string of the molecule is CC(C)(C)C(CCO)Nc1cc([N+](=O)[O-])cc(NN)n1. The van der Waals surface area contributed by atoms with Crippen molar-refractivity contribution in [3.63, 3.8) is 0 Å². The summed E-state index contributed by atoms with van der Waals surface area (Å²) in [6.07, 6.45) is 0.513. The predicted octanol–water partition coefficient (Wildman–Crippen LogP) is 1.48. The lowest BCUT2D eigenvalue weighted by Gasteiger charge is -2.31. The molecule has 8 nitrogen and oxygen atoms in total. The lowest BCUT2D eigenvalue weighted by molar-refractivity contribution is -0.384. The van der Waals surface area contributed by atoms with Gasteiger partial charge in [0.25, 0.3) is 5.69 Å². The number of nitrogens with zero attached hydrogens (tertiary/aromatic N) is 2. The number of pyridine rings is 1. The van der Waals surface area contributed by atoms with E-state index in [0.717, 1.165) is 0 Å². The lowest BCUT2D eigenvalue weighted by atomic mass is 9.85. The number of hydrazine groups is 1. The van der Waals surface area contributed by atoms with Crippen LogP contribution in [0.15, 0.2) is 12.1 Å². The van der Waals surface area contributed by atoms with Gasteiger partial charge in [-0.2, -0.15) is 0 Å². The monoisotopic (exact) mass is 283 g/mol. The Hall–Kier alpha value is -1.93. The van der Waals surface area contributed by atoms with Crippen molar-refractivity contribution in [1.82, 2.24) is 4.98 Å². The maximum atomic E-state index is 10.9. The molecule has 112 valence electrons. The molecule has 0 fully saturated rings. The molecule has 0 aliphatic heterocycles. The van der Waals surface area contributed by atoms with Crippen molar-refractivity contribution in [1.29, 1.82) is 0 Å². The molecule has 0 saturated carbocycles. The van der Waals surface area contributed by atoms with Crippen molar-refractivity contribution in [2.75, 3.05) is 17.3 Å². The maximum absolute atomic E-state index is 10.9. The van der Waals surface area contributed by atoms with Crippen LogP contribution >= 0.6 is 0 Å². The molecule has 0 spiro atoms. The molecule has 5 N–H and O–H groups in total. The van der Waals surface area contributed by atoms with Crippen molar-refractivity contribution >= 4 is 17.3 Å². The summed E-state index contributed by atoms with van der Waals surface area (Å²) in [7, 11) is 0. The van der Waals surface area contributed by atoms with Crippen molar-refractivity contribution in [3.05, 3.63) is 22.2 Å². The first kappa shape index (κ1) is 16.1. The Labute approximate surface area is 117 Å². The van der Waals surface area contributed by atoms with Crippen molar-refractivity contribution < 1.29 is 10.0 Å². The van der Waals surface area contributed by atoms with E-state index in [4.69, 9.17) is 10.9 Å². The summed E-state index contributed by atoms with van der Waals surface area (Å²) < 4.78 is 0. The summed E-state index contributed by atoms with van der Waals surface area (Å²) in [5.74, 6) is 5.81. The van der Waals surface area contributed by atoms with E-state index in [-0.39, 0.29) is 29.6 Å². The van der Waals surface area contributed by atoms with Crippen LogP contribution in [0, 0.1) is 15.5 Å². The molecule has 0 aliphatic rings. The van der Waals surface area contributed by atoms with Crippen LogP contribution in [-0.2, 0) is 0 Å². The zero-order chi connectivity index (χ0) is 15.3. The molecular weight excluding hydrogens is 262 g/mol. The Bertz CT molecular complexity index is 473. The zero-order valence-electron chi connectivity index (χ0n) is 11.9. The quantitative estimate of drug-likeness (QED) is 0.354. The number of nitro groups is 1. The number of hydrogen-bond donors (Lipinski definition) is 4. The number of nitrogen functional groups attached to an aromatic ring is 1. The lowest BCUT2D eigenvalue weighted by Crippen LogP contribution is -2.35. The first-order valence-electron chi connectivity index (χ1n) is 6.28. The number of hydrogen-bond acceptors (Lipinski definition) is 7. The molecule has 1 rings (SSSR count). The van der Waals surface area contributed by atoms with Crippen LogP contribution < -0.4 is 16.6 Å². The van der Waals surface area contributed by atoms with Gasteiger partial charge in [-0.3, -0.25) is 10.1 Å². The van der Waals surface area contributed by atoms with Gasteiger partial charge in [-0.05, 0) is 11.8 Å². The molecule has 0 saturated heterocycles. The van der Waals surface area contributed by atoms with Gasteiger partial charge in [0.05, 0.1) is 17.1 Å². The van der Waals surface area contributed by atoms with Crippen LogP contribution in [0.2, 0.25) is 0 Å². The Balaban J connectivity index is 3.05. The summed E-state index contributed by atoms with van der Waals surface area (Å²) in [6, 6.07) is 2.52. The fourth-order valence-corrected chi connectivity index (χ4v) is 1.80. The number of aliphatic hydroxyl groups excluding tert-OH is 1. The molecular formula is C12H21N5O3. The number of aromatic nitrogens is 1. The molecule has 0 amide bonds. The van der Waals surface area contributed by atoms with E-state index < -0.39 is 4.92 Å². The second-order valence-electron chi connectivity index (χ2n) is 5.57. The average Bonchev–Trinajstić information content (AvgIpc) is 2.36. The Morgan fingerprint density at radius 2 is 2.05 bits per heavy atom. The molecule has 20 heavy (non-hydrogen) atoms. The summed E-state index contributed by atoms with van der Waals surface area (Å²) in [5, 5.41) is 23.1. The standard InChI is InChI=1S/C12H21N5O3/c1-12(2,3)9(4-5-18)14-10-6-8(17(19)20)7-11(15-10)16-13/h6-7,9,18H,4-5,13H2,1-3H3,(H2,14,15,16). The van der Waals surface area contributed by atoms with Gasteiger partial charge in [0.15, 0.2) is 0 Å². The van der Waals surface area contributed by atoms with Crippen molar-refractivity contribution in [3.8, 4) is 0 Å². The topological polar surface area (TPSA) is 126 Å². The highest BCUT2D eigenvalue weighted by atomic mass is 16.6. The van der Waals surface area contributed by atoms with E-state index in [9.17, 15) is 10.1 Å². The number of nitrogens with two attached hydrogens (primary N) is 1. The fourth-order valence-electron chi connectivity index (χ4n) is 1.80. The van der Waals surface area contributed by atoms with E-state index in [2.05, 4.69) is 15.7 Å². The van der Waals surface area contributed by atoms with Gasteiger partial charge in [0, 0.05) is 12.6 Å². The van der Waals surface area contributed by atoms with Gasteiger partial charge in [-0.1, -0.05) is 20.8 Å². The highest BCUT2D eigenvalue weighted by molar-refractivity contribution is 5.54. The van der Waals surface area contributed by atoms with Crippen LogP contribution in [-0.4, -0.2) is 27.7 Å². The molecule has 8 heteroatoms. The molecule has 1 unspecified atom stereocenters. The number of anilines is 2. The average molecular weight is 283 g/mol. The Kier molecular flexibility index (Phi) is 5.23. The van der Waals surface area contributed by atoms with Gasteiger partial charge in [-0.15, -0.1) is 0 Å². The number of rotatable bonds is 6. The minimum Gasteiger partial charge on any atom is -0.396 e. The molecule has 1 aromatic heterocycles. The van der Waals surface area contributed by atoms with Crippen LogP contribution in [0.4, 0.5) is 17.3 Å². The van der Waals surface area contributed by atoms with Gasteiger partial charge < -0.3 is 15.8 Å². The van der Waals surface area contributed by atoms with Gasteiger partial charge in [-0.25, -0.2) is 10.8 Å². The van der Waals surface area contributed by atoms with Gasteiger partial charge in [0.1, 0.15) is 11.6 Å². The van der Waals surface area contributed by atoms with E-state index in [0.29, 0.717) is 12.2 Å². The van der Waals surface area contributed by atoms with E-state index in [1.165, 1.54) is 12.1 Å². The molecule has 0 radical (unpaired) electrons. The largest absolute Gasteiger partial charge is 0.396 e. The van der Waals surface area contributed by atoms with E-state index >= 15 is 0 Å².